The van der Waals surface area contributed by atoms with E-state index >= 15 is 0 Å². The minimum absolute atomic E-state index is 0.0342. The summed E-state index contributed by atoms with van der Waals surface area (Å²) in [6.45, 7) is 8.09. The number of aromatic nitrogens is 5. The van der Waals surface area contributed by atoms with Crippen molar-refractivity contribution in [3.05, 3.63) is 45.1 Å². The highest BCUT2D eigenvalue weighted by molar-refractivity contribution is 5.71. The fourth-order valence-corrected chi connectivity index (χ4v) is 4.46. The Morgan fingerprint density at radius 2 is 1.76 bits per heavy atom. The van der Waals surface area contributed by atoms with Crippen molar-refractivity contribution in [3.8, 4) is 17.1 Å². The average molecular weight is 453 g/mol. The molecule has 1 saturated carbocycles. The Bertz CT molecular complexity index is 1210. The maximum atomic E-state index is 12.8. The van der Waals surface area contributed by atoms with Gasteiger partial charge in [-0.05, 0) is 56.6 Å². The van der Waals surface area contributed by atoms with Crippen molar-refractivity contribution in [1.82, 2.24) is 29.2 Å². The van der Waals surface area contributed by atoms with E-state index in [-0.39, 0.29) is 22.9 Å². The highest BCUT2D eigenvalue weighted by Gasteiger charge is 2.24. The molecule has 1 aliphatic rings. The van der Waals surface area contributed by atoms with E-state index in [0.29, 0.717) is 12.4 Å². The van der Waals surface area contributed by atoms with E-state index in [4.69, 9.17) is 4.74 Å². The van der Waals surface area contributed by atoms with E-state index in [1.54, 1.807) is 4.57 Å². The smallest absolute Gasteiger partial charge is 0.332 e. The summed E-state index contributed by atoms with van der Waals surface area (Å²) >= 11 is 0. The molecule has 0 aliphatic heterocycles. The van der Waals surface area contributed by atoms with Gasteiger partial charge in [-0.3, -0.25) is 13.9 Å². The van der Waals surface area contributed by atoms with Crippen LogP contribution in [0.25, 0.3) is 22.6 Å². The van der Waals surface area contributed by atoms with Gasteiger partial charge in [0, 0.05) is 25.2 Å². The minimum Gasteiger partial charge on any atom is -0.494 e. The van der Waals surface area contributed by atoms with Crippen molar-refractivity contribution >= 4 is 11.2 Å². The van der Waals surface area contributed by atoms with Crippen molar-refractivity contribution in [2.24, 2.45) is 7.05 Å². The maximum Gasteiger partial charge on any atom is 0.332 e. The molecule has 9 nitrogen and oxygen atoms in total. The number of hydrogen-bond acceptors (Lipinski definition) is 7. The van der Waals surface area contributed by atoms with E-state index in [1.807, 2.05) is 24.3 Å². The molecule has 0 spiro atoms. The first-order valence-electron chi connectivity index (χ1n) is 11.8. The van der Waals surface area contributed by atoms with Crippen LogP contribution in [0.5, 0.6) is 5.75 Å². The zero-order chi connectivity index (χ0) is 23.4. The minimum atomic E-state index is -0.450. The zero-order valence-corrected chi connectivity index (χ0v) is 19.7. The van der Waals surface area contributed by atoms with Crippen molar-refractivity contribution in [1.29, 1.82) is 0 Å². The topological polar surface area (TPSA) is 95.1 Å². The zero-order valence-electron chi connectivity index (χ0n) is 19.7. The van der Waals surface area contributed by atoms with Gasteiger partial charge >= 0.3 is 5.69 Å². The monoisotopic (exact) mass is 452 g/mol. The van der Waals surface area contributed by atoms with Gasteiger partial charge in [-0.2, -0.15) is 0 Å². The summed E-state index contributed by atoms with van der Waals surface area (Å²) in [7, 11) is 1.49. The lowest BCUT2D eigenvalue weighted by molar-refractivity contribution is 0.249. The summed E-state index contributed by atoms with van der Waals surface area (Å²) in [6, 6.07) is 7.50. The highest BCUT2D eigenvalue weighted by atomic mass is 16.5. The van der Waals surface area contributed by atoms with E-state index in [1.165, 1.54) is 7.05 Å². The second-order valence-electron chi connectivity index (χ2n) is 8.52. The summed E-state index contributed by atoms with van der Waals surface area (Å²) in [4.78, 5) is 32.4. The highest BCUT2D eigenvalue weighted by Crippen LogP contribution is 2.29. The normalized spacial score (nSPS) is 14.4. The second-order valence-corrected chi connectivity index (χ2v) is 8.52. The number of nitrogens with zero attached hydrogens (tertiary/aromatic N) is 6. The molecule has 9 heteroatoms. The Kier molecular flexibility index (Phi) is 7.17. The Morgan fingerprint density at radius 1 is 1.06 bits per heavy atom. The second kappa shape index (κ2) is 10.2. The fraction of sp³-hybridized carbons (Fsp3) is 0.542. The van der Waals surface area contributed by atoms with E-state index in [9.17, 15) is 9.59 Å². The number of fused-ring (bicyclic) bond motifs is 1. The van der Waals surface area contributed by atoms with Crippen LogP contribution in [0.15, 0.2) is 33.9 Å². The van der Waals surface area contributed by atoms with Crippen LogP contribution in [-0.2, 0) is 7.05 Å². The Balaban J connectivity index is 1.55. The summed E-state index contributed by atoms with van der Waals surface area (Å²) in [6.07, 6.45) is 4.88. The van der Waals surface area contributed by atoms with Gasteiger partial charge in [-0.1, -0.05) is 26.7 Å². The molecule has 0 radical (unpaired) electrons. The lowest BCUT2D eigenvalue weighted by atomic mass is 10.2. The van der Waals surface area contributed by atoms with E-state index < -0.39 is 5.56 Å². The molecule has 1 aromatic carbocycles. The number of ether oxygens (including phenoxy) is 1. The summed E-state index contributed by atoms with van der Waals surface area (Å²) < 4.78 is 8.57. The van der Waals surface area contributed by atoms with Gasteiger partial charge < -0.3 is 9.64 Å². The summed E-state index contributed by atoms with van der Waals surface area (Å²) in [5.74, 6) is 1.13. The predicted octanol–water partition coefficient (Wildman–Crippen LogP) is 2.78. The summed E-state index contributed by atoms with van der Waals surface area (Å²) in [5.41, 5.74) is 0.373. The van der Waals surface area contributed by atoms with Crippen molar-refractivity contribution in [2.45, 2.75) is 52.0 Å². The molecule has 2 aromatic heterocycles. The van der Waals surface area contributed by atoms with Crippen LogP contribution >= 0.6 is 0 Å². The largest absolute Gasteiger partial charge is 0.494 e. The van der Waals surface area contributed by atoms with Crippen LogP contribution < -0.4 is 16.0 Å². The molecule has 33 heavy (non-hydrogen) atoms. The van der Waals surface area contributed by atoms with Crippen LogP contribution in [0.2, 0.25) is 0 Å². The molecule has 0 amide bonds. The van der Waals surface area contributed by atoms with Crippen molar-refractivity contribution in [2.75, 3.05) is 26.2 Å². The van der Waals surface area contributed by atoms with Crippen LogP contribution in [-0.4, -0.2) is 55.5 Å². The third-order valence-electron chi connectivity index (χ3n) is 6.48. The molecule has 3 aromatic rings. The van der Waals surface area contributed by atoms with Gasteiger partial charge in [0.2, 0.25) is 0 Å². The predicted molar refractivity (Wildman–Crippen MR) is 128 cm³/mol. The summed E-state index contributed by atoms with van der Waals surface area (Å²) in [5, 5.41) is 8.53. The van der Waals surface area contributed by atoms with Gasteiger partial charge in [0.15, 0.2) is 17.0 Å². The Morgan fingerprint density at radius 3 is 2.42 bits per heavy atom. The number of rotatable bonds is 9. The van der Waals surface area contributed by atoms with Gasteiger partial charge in [0.1, 0.15) is 5.75 Å². The molecule has 0 bridgehead atoms. The average Bonchev–Trinajstić information content (AvgIpc) is 3.38. The molecule has 1 fully saturated rings. The molecule has 0 N–H and O–H groups in total. The first kappa shape index (κ1) is 23.1. The van der Waals surface area contributed by atoms with Crippen molar-refractivity contribution < 1.29 is 4.74 Å². The molecule has 0 saturated heterocycles. The third-order valence-corrected chi connectivity index (χ3v) is 6.48. The molecule has 2 heterocycles. The van der Waals surface area contributed by atoms with Crippen LogP contribution in [0.4, 0.5) is 0 Å². The van der Waals surface area contributed by atoms with Gasteiger partial charge in [-0.15, -0.1) is 10.2 Å². The van der Waals surface area contributed by atoms with E-state index in [2.05, 4.69) is 33.9 Å². The van der Waals surface area contributed by atoms with Gasteiger partial charge in [-0.25, -0.2) is 9.78 Å². The lowest BCUT2D eigenvalue weighted by Gasteiger charge is -2.17. The van der Waals surface area contributed by atoms with Crippen LogP contribution in [0, 0.1) is 0 Å². The molecule has 0 unspecified atom stereocenters. The first-order chi connectivity index (χ1) is 16.0. The number of benzene rings is 1. The molecular formula is C24H32N6O3. The standard InChI is InChI=1S/C24H32N6O3/c1-4-29(5-2)15-8-16-33-19-13-11-17(12-14-19)21-25-20-22(27-26-21)30(18-9-6-7-10-18)24(32)28(3)23(20)31/h11-14,18H,4-10,15-16H2,1-3H3. The molecule has 1 aliphatic carbocycles. The third kappa shape index (κ3) is 4.83. The van der Waals surface area contributed by atoms with Crippen LogP contribution in [0.3, 0.4) is 0 Å². The fourth-order valence-electron chi connectivity index (χ4n) is 4.46. The van der Waals surface area contributed by atoms with Crippen LogP contribution in [0.1, 0.15) is 52.0 Å². The van der Waals surface area contributed by atoms with E-state index in [0.717, 1.165) is 67.6 Å². The maximum absolute atomic E-state index is 12.8. The lowest BCUT2D eigenvalue weighted by Crippen LogP contribution is -2.40. The Hall–Kier alpha value is -3.07. The van der Waals surface area contributed by atoms with Gasteiger partial charge in [0.05, 0.1) is 6.61 Å². The van der Waals surface area contributed by atoms with Crippen molar-refractivity contribution in [3.63, 3.8) is 0 Å². The molecule has 0 atom stereocenters. The first-order valence-corrected chi connectivity index (χ1v) is 11.8. The SMILES string of the molecule is CCN(CC)CCCOc1ccc(-c2nnc3c(n2)c(=O)n(C)c(=O)n3C2CCCC2)cc1. The molecular weight excluding hydrogens is 420 g/mol. The quantitative estimate of drug-likeness (QED) is 0.461. The van der Waals surface area contributed by atoms with Gasteiger partial charge in [0.25, 0.3) is 5.56 Å². The molecule has 176 valence electrons. The Labute approximate surface area is 193 Å². The molecule has 4 rings (SSSR count). The number of hydrogen-bond donors (Lipinski definition) is 0.